The van der Waals surface area contributed by atoms with Crippen molar-refractivity contribution in [1.82, 2.24) is 5.32 Å². The third kappa shape index (κ3) is 4.79. The highest BCUT2D eigenvalue weighted by Gasteiger charge is 2.29. The first-order valence-corrected chi connectivity index (χ1v) is 8.56. The van der Waals surface area contributed by atoms with Crippen LogP contribution in [0.25, 0.3) is 0 Å². The summed E-state index contributed by atoms with van der Waals surface area (Å²) in [5.74, 6) is 0.286. The predicted octanol–water partition coefficient (Wildman–Crippen LogP) is 2.86. The fourth-order valence-electron chi connectivity index (χ4n) is 1.65. The van der Waals surface area contributed by atoms with Crippen LogP contribution in [0.1, 0.15) is 32.3 Å². The summed E-state index contributed by atoms with van der Waals surface area (Å²) in [6.07, 6.45) is 1.27. The molecule has 0 fully saturated rings. The minimum absolute atomic E-state index is 0.286. The lowest BCUT2D eigenvalue weighted by molar-refractivity contribution is 0.510. The minimum atomic E-state index is -3.06. The molecule has 0 aliphatic rings. The Morgan fingerprint density at radius 3 is 2.53 bits per heavy atom. The number of sulfone groups is 1. The average Bonchev–Trinajstić information content (AvgIpc) is 2.27. The third-order valence-electron chi connectivity index (χ3n) is 3.42. The molecule has 0 aliphatic carbocycles. The maximum atomic E-state index is 11.6. The van der Waals surface area contributed by atoms with Crippen molar-refractivity contribution < 1.29 is 8.42 Å². The van der Waals surface area contributed by atoms with Crippen LogP contribution in [0.5, 0.6) is 0 Å². The minimum Gasteiger partial charge on any atom is -0.315 e. The van der Waals surface area contributed by atoms with Gasteiger partial charge in [0.1, 0.15) is 0 Å². The molecule has 19 heavy (non-hydrogen) atoms. The molecule has 0 saturated carbocycles. The van der Waals surface area contributed by atoms with Crippen LogP contribution < -0.4 is 5.32 Å². The van der Waals surface area contributed by atoms with E-state index in [9.17, 15) is 8.42 Å². The van der Waals surface area contributed by atoms with Crippen molar-refractivity contribution in [1.29, 1.82) is 0 Å². The molecular formula is C14H22ClNO2S. The van der Waals surface area contributed by atoms with E-state index in [0.29, 0.717) is 6.54 Å². The van der Waals surface area contributed by atoms with Gasteiger partial charge < -0.3 is 5.32 Å². The van der Waals surface area contributed by atoms with Crippen molar-refractivity contribution in [3.05, 3.63) is 34.9 Å². The van der Waals surface area contributed by atoms with E-state index in [0.717, 1.165) is 17.1 Å². The van der Waals surface area contributed by atoms with E-state index in [1.165, 1.54) is 6.26 Å². The van der Waals surface area contributed by atoms with Gasteiger partial charge in [-0.1, -0.05) is 30.7 Å². The maximum absolute atomic E-state index is 11.6. The fourth-order valence-corrected chi connectivity index (χ4v) is 2.21. The lowest BCUT2D eigenvalue weighted by Gasteiger charge is -2.24. The van der Waals surface area contributed by atoms with E-state index >= 15 is 0 Å². The molecule has 108 valence electrons. The number of nitrogens with one attached hydrogen (secondary N) is 1. The Kier molecular flexibility index (Phi) is 5.42. The van der Waals surface area contributed by atoms with E-state index in [4.69, 9.17) is 11.6 Å². The average molecular weight is 304 g/mol. The highest BCUT2D eigenvalue weighted by Crippen LogP contribution is 2.19. The molecule has 0 heterocycles. The second kappa shape index (κ2) is 6.25. The Balaban J connectivity index is 2.55. The SMILES string of the molecule is C[C@H](CNCC(C)(C)S(C)(=O)=O)c1cccc(Cl)c1. The van der Waals surface area contributed by atoms with Crippen molar-refractivity contribution in [2.24, 2.45) is 0 Å². The molecule has 0 aromatic heterocycles. The van der Waals surface area contributed by atoms with Gasteiger partial charge in [0.25, 0.3) is 0 Å². The van der Waals surface area contributed by atoms with Gasteiger partial charge in [-0.15, -0.1) is 0 Å². The summed E-state index contributed by atoms with van der Waals surface area (Å²) in [6.45, 7) is 6.72. The lowest BCUT2D eigenvalue weighted by atomic mass is 10.0. The number of rotatable bonds is 6. The van der Waals surface area contributed by atoms with Crippen LogP contribution in [0.2, 0.25) is 5.02 Å². The molecule has 0 bridgehead atoms. The summed E-state index contributed by atoms with van der Waals surface area (Å²) in [5, 5.41) is 3.95. The molecule has 1 aromatic rings. The first kappa shape index (κ1) is 16.5. The summed E-state index contributed by atoms with van der Waals surface area (Å²) < 4.78 is 22.4. The van der Waals surface area contributed by atoms with Crippen LogP contribution in [0.15, 0.2) is 24.3 Å². The smallest absolute Gasteiger partial charge is 0.153 e. The summed E-state index contributed by atoms with van der Waals surface area (Å²) in [5.41, 5.74) is 1.15. The molecular weight excluding hydrogens is 282 g/mol. The Labute approximate surface area is 121 Å². The van der Waals surface area contributed by atoms with Gasteiger partial charge in [0.05, 0.1) is 4.75 Å². The quantitative estimate of drug-likeness (QED) is 0.879. The molecule has 0 radical (unpaired) electrons. The zero-order chi connectivity index (χ0) is 14.7. The van der Waals surface area contributed by atoms with Crippen molar-refractivity contribution in [3.63, 3.8) is 0 Å². The van der Waals surface area contributed by atoms with Crippen molar-refractivity contribution in [2.45, 2.75) is 31.4 Å². The highest BCUT2D eigenvalue weighted by molar-refractivity contribution is 7.92. The standard InChI is InChI=1S/C14H22ClNO2S/c1-11(12-6-5-7-13(15)8-12)9-16-10-14(2,3)19(4,17)18/h5-8,11,16H,9-10H2,1-4H3/t11-/m1/s1. The molecule has 3 nitrogen and oxygen atoms in total. The van der Waals surface area contributed by atoms with Gasteiger partial charge in [-0.25, -0.2) is 8.42 Å². The van der Waals surface area contributed by atoms with Gasteiger partial charge in [-0.3, -0.25) is 0 Å². The molecule has 5 heteroatoms. The molecule has 0 unspecified atom stereocenters. The molecule has 0 amide bonds. The zero-order valence-electron chi connectivity index (χ0n) is 11.9. The summed E-state index contributed by atoms with van der Waals surface area (Å²) in [6, 6.07) is 7.74. The normalized spacial score (nSPS) is 14.4. The lowest BCUT2D eigenvalue weighted by Crippen LogP contribution is -2.42. The molecule has 1 N–H and O–H groups in total. The van der Waals surface area contributed by atoms with Gasteiger partial charge in [-0.05, 0) is 37.5 Å². The van der Waals surface area contributed by atoms with Crippen LogP contribution in [0.3, 0.4) is 0 Å². The number of hydrogen-bond acceptors (Lipinski definition) is 3. The molecule has 1 aromatic carbocycles. The van der Waals surface area contributed by atoms with Gasteiger partial charge in [0.2, 0.25) is 0 Å². The molecule has 0 spiro atoms. The second-order valence-electron chi connectivity index (χ2n) is 5.62. The highest BCUT2D eigenvalue weighted by atomic mass is 35.5. The largest absolute Gasteiger partial charge is 0.315 e. The Morgan fingerprint density at radius 1 is 1.37 bits per heavy atom. The van der Waals surface area contributed by atoms with Crippen molar-refractivity contribution >= 4 is 21.4 Å². The summed E-state index contributed by atoms with van der Waals surface area (Å²) in [7, 11) is -3.06. The van der Waals surface area contributed by atoms with Gasteiger partial charge >= 0.3 is 0 Å². The molecule has 1 atom stereocenters. The Bertz CT molecular complexity index is 526. The van der Waals surface area contributed by atoms with Gasteiger partial charge in [-0.2, -0.15) is 0 Å². The van der Waals surface area contributed by atoms with Crippen LogP contribution in [0, 0.1) is 0 Å². The first-order chi connectivity index (χ1) is 8.63. The first-order valence-electron chi connectivity index (χ1n) is 6.29. The number of halogens is 1. The Hall–Kier alpha value is -0.580. The molecule has 0 saturated heterocycles. The molecule has 1 rings (SSSR count). The predicted molar refractivity (Wildman–Crippen MR) is 81.7 cm³/mol. The monoisotopic (exact) mass is 303 g/mol. The van der Waals surface area contributed by atoms with Crippen LogP contribution >= 0.6 is 11.6 Å². The fraction of sp³-hybridized carbons (Fsp3) is 0.571. The van der Waals surface area contributed by atoms with E-state index in [2.05, 4.69) is 12.2 Å². The van der Waals surface area contributed by atoms with Gasteiger partial charge in [0, 0.05) is 24.4 Å². The van der Waals surface area contributed by atoms with Crippen molar-refractivity contribution in [3.8, 4) is 0 Å². The summed E-state index contributed by atoms with van der Waals surface area (Å²) in [4.78, 5) is 0. The van der Waals surface area contributed by atoms with E-state index in [-0.39, 0.29) is 5.92 Å². The summed E-state index contributed by atoms with van der Waals surface area (Å²) >= 11 is 5.96. The van der Waals surface area contributed by atoms with Crippen LogP contribution in [-0.4, -0.2) is 32.5 Å². The Morgan fingerprint density at radius 2 is 2.00 bits per heavy atom. The maximum Gasteiger partial charge on any atom is 0.153 e. The van der Waals surface area contributed by atoms with Crippen LogP contribution in [-0.2, 0) is 9.84 Å². The van der Waals surface area contributed by atoms with Gasteiger partial charge in [0.15, 0.2) is 9.84 Å². The second-order valence-corrected chi connectivity index (χ2v) is 8.70. The number of benzene rings is 1. The van der Waals surface area contributed by atoms with Crippen LogP contribution in [0.4, 0.5) is 0 Å². The number of hydrogen-bond donors (Lipinski definition) is 1. The van der Waals surface area contributed by atoms with Crippen molar-refractivity contribution in [2.75, 3.05) is 19.3 Å². The van der Waals surface area contributed by atoms with E-state index in [1.807, 2.05) is 24.3 Å². The topological polar surface area (TPSA) is 46.2 Å². The zero-order valence-corrected chi connectivity index (χ0v) is 13.5. The molecule has 0 aliphatic heterocycles. The third-order valence-corrected chi connectivity index (χ3v) is 5.81. The van der Waals surface area contributed by atoms with E-state index in [1.54, 1.807) is 13.8 Å². The van der Waals surface area contributed by atoms with E-state index < -0.39 is 14.6 Å².